The molecule has 146 valence electrons. The second kappa shape index (κ2) is 8.79. The Morgan fingerprint density at radius 2 is 2.18 bits per heavy atom. The molecular weight excluding hydrogens is 394 g/mol. The van der Waals surface area contributed by atoms with E-state index < -0.39 is 0 Å². The van der Waals surface area contributed by atoms with Crippen LogP contribution < -0.4 is 4.74 Å². The van der Waals surface area contributed by atoms with Gasteiger partial charge < -0.3 is 14.0 Å². The lowest BCUT2D eigenvalue weighted by Crippen LogP contribution is -2.06. The molecule has 0 atom stereocenters. The quantitative estimate of drug-likeness (QED) is 0.296. The molecule has 8 heteroatoms. The van der Waals surface area contributed by atoms with Crippen molar-refractivity contribution in [2.75, 3.05) is 19.5 Å². The second-order valence-corrected chi connectivity index (χ2v) is 8.57. The molecule has 28 heavy (non-hydrogen) atoms. The predicted molar refractivity (Wildman–Crippen MR) is 109 cm³/mol. The molecule has 0 amide bonds. The first-order valence-electron chi connectivity index (χ1n) is 9.14. The second-order valence-electron chi connectivity index (χ2n) is 6.47. The zero-order valence-electron chi connectivity index (χ0n) is 15.5. The van der Waals surface area contributed by atoms with Crippen molar-refractivity contribution in [3.05, 3.63) is 58.0 Å². The summed E-state index contributed by atoms with van der Waals surface area (Å²) in [5.41, 5.74) is 0.486. The Bertz CT molecular complexity index is 936. The maximum atomic E-state index is 11.6. The zero-order valence-corrected chi connectivity index (χ0v) is 17.2. The first-order chi connectivity index (χ1) is 13.7. The number of hydrogen-bond donors (Lipinski definition) is 0. The van der Waals surface area contributed by atoms with E-state index in [1.165, 1.54) is 24.8 Å². The van der Waals surface area contributed by atoms with E-state index in [2.05, 4.69) is 32.3 Å². The molecule has 1 fully saturated rings. The zero-order chi connectivity index (χ0) is 19.3. The van der Waals surface area contributed by atoms with E-state index in [1.54, 1.807) is 41.3 Å². The summed E-state index contributed by atoms with van der Waals surface area (Å²) in [5.74, 6) is 2.09. The first-order valence-corrected chi connectivity index (χ1v) is 11.0. The van der Waals surface area contributed by atoms with Gasteiger partial charge in [-0.2, -0.15) is 0 Å². The highest BCUT2D eigenvalue weighted by Gasteiger charge is 2.29. The van der Waals surface area contributed by atoms with Crippen LogP contribution in [0.25, 0.3) is 0 Å². The van der Waals surface area contributed by atoms with Crippen LogP contribution in [0, 0.1) is 0 Å². The Hall–Kier alpha value is -2.32. The number of aromatic nitrogens is 3. The van der Waals surface area contributed by atoms with Crippen LogP contribution in [-0.2, 0) is 11.2 Å². The Labute approximate surface area is 171 Å². The minimum absolute atomic E-state index is 0.365. The van der Waals surface area contributed by atoms with Gasteiger partial charge >= 0.3 is 5.97 Å². The smallest absolute Gasteiger partial charge is 0.337 e. The summed E-state index contributed by atoms with van der Waals surface area (Å²) in [6.07, 6.45) is 3.22. The van der Waals surface area contributed by atoms with Gasteiger partial charge in [0.05, 0.1) is 19.3 Å². The third kappa shape index (κ3) is 4.56. The van der Waals surface area contributed by atoms with Gasteiger partial charge in [0.1, 0.15) is 11.6 Å². The third-order valence-corrected chi connectivity index (χ3v) is 6.18. The highest BCUT2D eigenvalue weighted by Crippen LogP contribution is 2.39. The maximum absolute atomic E-state index is 11.6. The van der Waals surface area contributed by atoms with Gasteiger partial charge in [0.25, 0.3) is 0 Å². The average molecular weight is 416 g/mol. The standard InChI is InChI=1S/C20H21N3O3S2/c1-25-19(24)14-4-2-5-16(12-14)26-9-11-28-20-22-21-18(23(20)15-7-8-15)13-17-6-3-10-27-17/h2-6,10,12,15H,7-9,11,13H2,1H3. The summed E-state index contributed by atoms with van der Waals surface area (Å²) in [6, 6.07) is 11.8. The maximum Gasteiger partial charge on any atom is 0.337 e. The molecule has 1 aromatic carbocycles. The summed E-state index contributed by atoms with van der Waals surface area (Å²) >= 11 is 3.41. The van der Waals surface area contributed by atoms with Crippen LogP contribution in [-0.4, -0.2) is 40.2 Å². The summed E-state index contributed by atoms with van der Waals surface area (Å²) in [6.45, 7) is 0.521. The van der Waals surface area contributed by atoms with E-state index in [0.717, 1.165) is 23.2 Å². The molecule has 3 aromatic rings. The number of hydrogen-bond acceptors (Lipinski definition) is 7. The number of ether oxygens (including phenoxy) is 2. The van der Waals surface area contributed by atoms with Crippen molar-refractivity contribution in [1.82, 2.24) is 14.8 Å². The molecule has 1 aliphatic carbocycles. The number of carbonyl (C=O) groups is 1. The van der Waals surface area contributed by atoms with Gasteiger partial charge in [-0.3, -0.25) is 0 Å². The van der Waals surface area contributed by atoms with Crippen molar-refractivity contribution < 1.29 is 14.3 Å². The van der Waals surface area contributed by atoms with Crippen LogP contribution in [0.15, 0.2) is 46.9 Å². The van der Waals surface area contributed by atoms with E-state index in [1.807, 2.05) is 6.07 Å². The molecular formula is C20H21N3O3S2. The van der Waals surface area contributed by atoms with Crippen LogP contribution >= 0.6 is 23.1 Å². The molecule has 2 heterocycles. The molecule has 2 aromatic heterocycles. The molecule has 0 aliphatic heterocycles. The highest BCUT2D eigenvalue weighted by molar-refractivity contribution is 7.99. The van der Waals surface area contributed by atoms with Crippen LogP contribution in [0.5, 0.6) is 5.75 Å². The van der Waals surface area contributed by atoms with E-state index in [-0.39, 0.29) is 5.97 Å². The fourth-order valence-electron chi connectivity index (χ4n) is 2.92. The first kappa shape index (κ1) is 19.0. The Morgan fingerprint density at radius 1 is 1.29 bits per heavy atom. The molecule has 4 rings (SSSR count). The van der Waals surface area contributed by atoms with Crippen molar-refractivity contribution in [2.24, 2.45) is 0 Å². The van der Waals surface area contributed by atoms with E-state index in [9.17, 15) is 4.79 Å². The monoisotopic (exact) mass is 415 g/mol. The van der Waals surface area contributed by atoms with E-state index in [4.69, 9.17) is 9.47 Å². The van der Waals surface area contributed by atoms with Gasteiger partial charge in [0.2, 0.25) is 0 Å². The number of thioether (sulfide) groups is 1. The molecule has 0 spiro atoms. The predicted octanol–water partition coefficient (Wildman–Crippen LogP) is 4.22. The Morgan fingerprint density at radius 3 is 2.93 bits per heavy atom. The van der Waals surface area contributed by atoms with Gasteiger partial charge in [-0.1, -0.05) is 23.9 Å². The van der Waals surface area contributed by atoms with Crippen molar-refractivity contribution in [3.63, 3.8) is 0 Å². The lowest BCUT2D eigenvalue weighted by atomic mass is 10.2. The van der Waals surface area contributed by atoms with Crippen molar-refractivity contribution in [3.8, 4) is 5.75 Å². The van der Waals surface area contributed by atoms with Gasteiger partial charge in [-0.15, -0.1) is 21.5 Å². The van der Waals surface area contributed by atoms with Crippen LogP contribution in [0.3, 0.4) is 0 Å². The van der Waals surface area contributed by atoms with Gasteiger partial charge in [0.15, 0.2) is 5.16 Å². The number of thiophene rings is 1. The Balaban J connectivity index is 1.34. The fourth-order valence-corrected chi connectivity index (χ4v) is 4.46. The van der Waals surface area contributed by atoms with Crippen molar-refractivity contribution >= 4 is 29.1 Å². The molecule has 0 unspecified atom stereocenters. The summed E-state index contributed by atoms with van der Waals surface area (Å²) in [5, 5.41) is 11.9. The molecule has 6 nitrogen and oxygen atoms in total. The minimum atomic E-state index is -0.365. The highest BCUT2D eigenvalue weighted by atomic mass is 32.2. The molecule has 1 aliphatic rings. The van der Waals surface area contributed by atoms with E-state index in [0.29, 0.717) is 24.0 Å². The van der Waals surface area contributed by atoms with Crippen LogP contribution in [0.4, 0.5) is 0 Å². The lowest BCUT2D eigenvalue weighted by Gasteiger charge is -2.09. The topological polar surface area (TPSA) is 66.2 Å². The minimum Gasteiger partial charge on any atom is -0.493 e. The number of methoxy groups -OCH3 is 1. The molecule has 0 bridgehead atoms. The number of carbonyl (C=O) groups excluding carboxylic acids is 1. The van der Waals surface area contributed by atoms with Crippen molar-refractivity contribution in [1.29, 1.82) is 0 Å². The molecule has 0 radical (unpaired) electrons. The third-order valence-electron chi connectivity index (χ3n) is 4.40. The Kier molecular flexibility index (Phi) is 5.97. The lowest BCUT2D eigenvalue weighted by molar-refractivity contribution is 0.0600. The number of nitrogens with zero attached hydrogens (tertiary/aromatic N) is 3. The SMILES string of the molecule is COC(=O)c1cccc(OCCSc2nnc(Cc3cccs3)n2C2CC2)c1. The van der Waals surface area contributed by atoms with Crippen LogP contribution in [0.2, 0.25) is 0 Å². The fraction of sp³-hybridized carbons (Fsp3) is 0.350. The van der Waals surface area contributed by atoms with Crippen LogP contribution in [0.1, 0.15) is 39.9 Å². The summed E-state index contributed by atoms with van der Waals surface area (Å²) < 4.78 is 12.8. The largest absolute Gasteiger partial charge is 0.493 e. The van der Waals surface area contributed by atoms with Gasteiger partial charge in [-0.05, 0) is 42.5 Å². The summed E-state index contributed by atoms with van der Waals surface area (Å²) in [4.78, 5) is 12.9. The number of benzene rings is 1. The number of rotatable bonds is 9. The van der Waals surface area contributed by atoms with Gasteiger partial charge in [-0.25, -0.2) is 4.79 Å². The molecule has 0 saturated heterocycles. The van der Waals surface area contributed by atoms with Crippen molar-refractivity contribution in [2.45, 2.75) is 30.5 Å². The average Bonchev–Trinajstić information content (AvgIpc) is 3.27. The van der Waals surface area contributed by atoms with E-state index >= 15 is 0 Å². The van der Waals surface area contributed by atoms with Gasteiger partial charge in [0, 0.05) is 23.1 Å². The molecule has 0 N–H and O–H groups in total. The molecule has 1 saturated carbocycles. The normalized spacial score (nSPS) is 13.5. The number of esters is 1. The summed E-state index contributed by atoms with van der Waals surface area (Å²) in [7, 11) is 1.37.